The Labute approximate surface area is 94.3 Å². The minimum Gasteiger partial charge on any atom is -0.370 e. The fourth-order valence-corrected chi connectivity index (χ4v) is 2.12. The van der Waals surface area contributed by atoms with Crippen molar-refractivity contribution in [2.45, 2.75) is 0 Å². The van der Waals surface area contributed by atoms with E-state index in [1.165, 1.54) is 17.0 Å². The molecule has 0 saturated carbocycles. The zero-order valence-electron chi connectivity index (χ0n) is 7.31. The molecule has 0 radical (unpaired) electrons. The van der Waals surface area contributed by atoms with Gasteiger partial charge in [-0.2, -0.15) is 0 Å². The van der Waals surface area contributed by atoms with Crippen LogP contribution in [0.4, 0.5) is 10.1 Å². The minimum atomic E-state index is -0.442. The van der Waals surface area contributed by atoms with Crippen LogP contribution in [0.1, 0.15) is 0 Å². The summed E-state index contributed by atoms with van der Waals surface area (Å²) in [6, 6.07) is 2.43. The number of nitrogens with zero attached hydrogens (tertiary/aromatic N) is 1. The van der Waals surface area contributed by atoms with Crippen LogP contribution in [0.15, 0.2) is 16.6 Å². The van der Waals surface area contributed by atoms with Crippen molar-refractivity contribution in [2.24, 2.45) is 5.73 Å². The minimum absolute atomic E-state index is 0.167. The number of hydrogen-bond donors (Lipinski definition) is 2. The molecule has 76 valence electrons. The molecule has 3 nitrogen and oxygen atoms in total. The first-order valence-corrected chi connectivity index (χ1v) is 4.83. The lowest BCUT2D eigenvalue weighted by molar-refractivity contribution is 0.627. The van der Waals surface area contributed by atoms with Gasteiger partial charge in [0.2, 0.25) is 0 Å². The lowest BCUT2D eigenvalue weighted by atomic mass is 10.3. The van der Waals surface area contributed by atoms with E-state index >= 15 is 0 Å². The van der Waals surface area contributed by atoms with Crippen molar-refractivity contribution in [3.05, 3.63) is 27.4 Å². The first-order valence-electron chi connectivity index (χ1n) is 3.65. The van der Waals surface area contributed by atoms with Gasteiger partial charge in [-0.3, -0.25) is 5.41 Å². The number of hydrogen-bond acceptors (Lipinski definition) is 1. The van der Waals surface area contributed by atoms with Crippen LogP contribution in [0, 0.1) is 11.2 Å². The van der Waals surface area contributed by atoms with Crippen molar-refractivity contribution in [1.29, 1.82) is 5.41 Å². The van der Waals surface area contributed by atoms with Gasteiger partial charge in [0.1, 0.15) is 5.82 Å². The Morgan fingerprint density at radius 1 is 1.64 bits per heavy atom. The second kappa shape index (κ2) is 4.14. The number of nitrogens with two attached hydrogens (primary N) is 1. The third-order valence-electron chi connectivity index (χ3n) is 1.68. The summed E-state index contributed by atoms with van der Waals surface area (Å²) in [7, 11) is 1.58. The molecular formula is C8H8BrClFN3. The number of benzene rings is 1. The summed E-state index contributed by atoms with van der Waals surface area (Å²) in [6.07, 6.45) is 0. The van der Waals surface area contributed by atoms with Crippen molar-refractivity contribution in [1.82, 2.24) is 0 Å². The van der Waals surface area contributed by atoms with E-state index in [-0.39, 0.29) is 11.0 Å². The summed E-state index contributed by atoms with van der Waals surface area (Å²) < 4.78 is 13.3. The molecule has 0 aliphatic rings. The summed E-state index contributed by atoms with van der Waals surface area (Å²) in [5.41, 5.74) is 5.75. The predicted octanol–water partition coefficient (Wildman–Crippen LogP) is 2.57. The molecule has 0 amide bonds. The van der Waals surface area contributed by atoms with Crippen molar-refractivity contribution in [2.75, 3.05) is 11.9 Å². The second-order valence-corrected chi connectivity index (χ2v) is 3.92. The lowest BCUT2D eigenvalue weighted by Gasteiger charge is -2.19. The topological polar surface area (TPSA) is 53.1 Å². The van der Waals surface area contributed by atoms with Gasteiger partial charge in [0, 0.05) is 11.5 Å². The second-order valence-electron chi connectivity index (χ2n) is 2.66. The highest BCUT2D eigenvalue weighted by atomic mass is 79.9. The van der Waals surface area contributed by atoms with Crippen molar-refractivity contribution < 1.29 is 4.39 Å². The molecule has 1 aromatic carbocycles. The van der Waals surface area contributed by atoms with E-state index in [9.17, 15) is 4.39 Å². The van der Waals surface area contributed by atoms with Gasteiger partial charge in [-0.1, -0.05) is 11.6 Å². The highest BCUT2D eigenvalue weighted by molar-refractivity contribution is 9.10. The van der Waals surface area contributed by atoms with Gasteiger partial charge in [-0.25, -0.2) is 4.39 Å². The van der Waals surface area contributed by atoms with Crippen LogP contribution in [0.25, 0.3) is 0 Å². The quantitative estimate of drug-likeness (QED) is 0.613. The number of halogens is 3. The fraction of sp³-hybridized carbons (Fsp3) is 0.125. The summed E-state index contributed by atoms with van der Waals surface area (Å²) in [6.45, 7) is 0. The summed E-state index contributed by atoms with van der Waals surface area (Å²) in [5.74, 6) is -0.609. The van der Waals surface area contributed by atoms with Gasteiger partial charge >= 0.3 is 0 Å². The molecule has 0 unspecified atom stereocenters. The summed E-state index contributed by atoms with van der Waals surface area (Å²) >= 11 is 8.96. The van der Waals surface area contributed by atoms with Crippen LogP contribution in [-0.2, 0) is 0 Å². The first kappa shape index (κ1) is 11.3. The maximum Gasteiger partial charge on any atom is 0.192 e. The third kappa shape index (κ3) is 2.16. The molecule has 3 N–H and O–H groups in total. The zero-order valence-corrected chi connectivity index (χ0v) is 9.66. The van der Waals surface area contributed by atoms with E-state index in [0.29, 0.717) is 10.2 Å². The maximum atomic E-state index is 12.9. The fourth-order valence-electron chi connectivity index (χ4n) is 0.975. The average molecular weight is 281 g/mol. The maximum absolute atomic E-state index is 12.9. The Morgan fingerprint density at radius 3 is 2.64 bits per heavy atom. The van der Waals surface area contributed by atoms with Crippen molar-refractivity contribution in [3.63, 3.8) is 0 Å². The molecule has 0 saturated heterocycles. The SMILES string of the molecule is CN(C(=N)N)c1c(Cl)cc(F)cc1Br. The predicted molar refractivity (Wildman–Crippen MR) is 59.4 cm³/mol. The third-order valence-corrected chi connectivity index (χ3v) is 2.57. The van der Waals surface area contributed by atoms with Crippen LogP contribution in [0.2, 0.25) is 5.02 Å². The van der Waals surface area contributed by atoms with Crippen LogP contribution >= 0.6 is 27.5 Å². The first-order chi connectivity index (χ1) is 6.43. The van der Waals surface area contributed by atoms with E-state index in [2.05, 4.69) is 15.9 Å². The summed E-state index contributed by atoms with van der Waals surface area (Å²) in [5, 5.41) is 7.42. The Balaban J connectivity index is 3.27. The normalized spacial score (nSPS) is 10.0. The molecule has 0 atom stereocenters. The molecule has 0 spiro atoms. The molecule has 0 aliphatic heterocycles. The van der Waals surface area contributed by atoms with Gasteiger partial charge in [0.05, 0.1) is 10.7 Å². The Morgan fingerprint density at radius 2 is 2.21 bits per heavy atom. The molecule has 0 fully saturated rings. The van der Waals surface area contributed by atoms with Gasteiger partial charge < -0.3 is 10.6 Å². The Bertz CT molecular complexity index is 360. The Kier molecular flexibility index (Phi) is 3.34. The molecular weight excluding hydrogens is 272 g/mol. The lowest BCUT2D eigenvalue weighted by Crippen LogP contribution is -2.33. The standard InChI is InChI=1S/C8H8BrClFN3/c1-14(8(12)13)7-5(9)2-4(11)3-6(7)10/h2-3H,1H3,(H3,12,13). The average Bonchev–Trinajstić information content (AvgIpc) is 2.01. The van der Waals surface area contributed by atoms with Crippen LogP contribution < -0.4 is 10.6 Å². The van der Waals surface area contributed by atoms with Gasteiger partial charge in [0.15, 0.2) is 5.96 Å². The van der Waals surface area contributed by atoms with E-state index in [1.807, 2.05) is 0 Å². The van der Waals surface area contributed by atoms with Crippen molar-refractivity contribution in [3.8, 4) is 0 Å². The number of anilines is 1. The van der Waals surface area contributed by atoms with Crippen LogP contribution in [-0.4, -0.2) is 13.0 Å². The highest BCUT2D eigenvalue weighted by Crippen LogP contribution is 2.33. The van der Waals surface area contributed by atoms with Gasteiger partial charge in [0.25, 0.3) is 0 Å². The molecule has 1 rings (SSSR count). The van der Waals surface area contributed by atoms with Gasteiger partial charge in [-0.05, 0) is 28.1 Å². The number of nitrogens with one attached hydrogen (secondary N) is 1. The van der Waals surface area contributed by atoms with E-state index < -0.39 is 5.82 Å². The Hall–Kier alpha value is -0.810. The summed E-state index contributed by atoms with van der Waals surface area (Å²) in [4.78, 5) is 1.35. The largest absolute Gasteiger partial charge is 0.370 e. The molecule has 14 heavy (non-hydrogen) atoms. The number of guanidine groups is 1. The van der Waals surface area contributed by atoms with Crippen molar-refractivity contribution >= 4 is 39.2 Å². The smallest absolute Gasteiger partial charge is 0.192 e. The van der Waals surface area contributed by atoms with E-state index in [0.717, 1.165) is 0 Å². The van der Waals surface area contributed by atoms with E-state index in [1.54, 1.807) is 7.05 Å². The van der Waals surface area contributed by atoms with Gasteiger partial charge in [-0.15, -0.1) is 0 Å². The molecule has 0 heterocycles. The molecule has 0 aromatic heterocycles. The monoisotopic (exact) mass is 279 g/mol. The number of rotatable bonds is 1. The van der Waals surface area contributed by atoms with E-state index in [4.69, 9.17) is 22.7 Å². The van der Waals surface area contributed by atoms with Crippen LogP contribution in [0.5, 0.6) is 0 Å². The molecule has 1 aromatic rings. The van der Waals surface area contributed by atoms with Crippen LogP contribution in [0.3, 0.4) is 0 Å². The molecule has 0 aliphatic carbocycles. The molecule has 0 bridgehead atoms. The zero-order chi connectivity index (χ0) is 10.9. The molecule has 6 heteroatoms. The highest BCUT2D eigenvalue weighted by Gasteiger charge is 2.13.